The maximum Gasteiger partial charge on any atom is 0.308 e. The Bertz CT molecular complexity index is 571. The van der Waals surface area contributed by atoms with Crippen molar-refractivity contribution in [3.63, 3.8) is 0 Å². The molecule has 1 saturated heterocycles. The third-order valence-corrected chi connectivity index (χ3v) is 4.05. The number of carboxylic acids is 1. The highest BCUT2D eigenvalue weighted by Crippen LogP contribution is 2.27. The first-order chi connectivity index (χ1) is 9.82. The third kappa shape index (κ3) is 2.89. The highest BCUT2D eigenvalue weighted by Gasteiger charge is 2.39. The Morgan fingerprint density at radius 2 is 2.10 bits per heavy atom. The molecule has 1 aliphatic rings. The van der Waals surface area contributed by atoms with Gasteiger partial charge in [-0.25, -0.2) is 9.97 Å². The summed E-state index contributed by atoms with van der Waals surface area (Å²) in [5.41, 5.74) is 1.20. The minimum atomic E-state index is -0.845. The Labute approximate surface area is 124 Å². The van der Waals surface area contributed by atoms with Crippen LogP contribution in [0.5, 0.6) is 0 Å². The first kappa shape index (κ1) is 15.4. The van der Waals surface area contributed by atoms with Crippen molar-refractivity contribution in [2.24, 2.45) is 5.92 Å². The molecule has 1 amide bonds. The molecule has 0 spiro atoms. The first-order valence-corrected chi connectivity index (χ1v) is 7.20. The third-order valence-electron chi connectivity index (χ3n) is 4.05. The monoisotopic (exact) mass is 291 g/mol. The number of hydrogen-bond acceptors (Lipinski definition) is 4. The van der Waals surface area contributed by atoms with Crippen LogP contribution in [0, 0.1) is 12.8 Å². The molecule has 0 bridgehead atoms. The van der Waals surface area contributed by atoms with Crippen LogP contribution in [0.4, 0.5) is 0 Å². The van der Waals surface area contributed by atoms with E-state index in [0.29, 0.717) is 24.4 Å². The summed E-state index contributed by atoms with van der Waals surface area (Å²) >= 11 is 0. The fourth-order valence-corrected chi connectivity index (χ4v) is 2.80. The van der Waals surface area contributed by atoms with Gasteiger partial charge >= 0.3 is 5.97 Å². The largest absolute Gasteiger partial charge is 0.481 e. The molecule has 1 fully saturated rings. The van der Waals surface area contributed by atoms with E-state index >= 15 is 0 Å². The number of rotatable bonds is 3. The van der Waals surface area contributed by atoms with Crippen molar-refractivity contribution in [1.29, 1.82) is 0 Å². The number of aromatic nitrogens is 2. The van der Waals surface area contributed by atoms with Crippen LogP contribution in [0.1, 0.15) is 55.0 Å². The lowest BCUT2D eigenvalue weighted by Gasteiger charge is -2.24. The molecule has 0 aromatic carbocycles. The van der Waals surface area contributed by atoms with E-state index in [-0.39, 0.29) is 17.9 Å². The summed E-state index contributed by atoms with van der Waals surface area (Å²) in [5.74, 6) is -0.772. The zero-order valence-corrected chi connectivity index (χ0v) is 12.8. The molecule has 1 aromatic rings. The number of likely N-dealkylation sites (tertiary alicyclic amines) is 1. The fraction of sp³-hybridized carbons (Fsp3) is 0.600. The second-order valence-corrected chi connectivity index (χ2v) is 5.84. The standard InChI is InChI=1S/C15H21N3O3/c1-8(2)13-12(7-16-10(4)17-13)14(19)18-6-5-11(9(18)3)15(20)21/h7-9,11H,5-6H2,1-4H3,(H,20,21). The van der Waals surface area contributed by atoms with E-state index in [0.717, 1.165) is 5.69 Å². The molecule has 1 N–H and O–H groups in total. The van der Waals surface area contributed by atoms with E-state index in [2.05, 4.69) is 9.97 Å². The topological polar surface area (TPSA) is 83.4 Å². The van der Waals surface area contributed by atoms with Gasteiger partial charge in [0.15, 0.2) is 0 Å². The second kappa shape index (κ2) is 5.79. The number of carbonyl (C=O) groups excluding carboxylic acids is 1. The van der Waals surface area contributed by atoms with Crippen LogP contribution in [-0.4, -0.2) is 44.4 Å². The Morgan fingerprint density at radius 1 is 1.43 bits per heavy atom. The van der Waals surface area contributed by atoms with Gasteiger partial charge in [-0.3, -0.25) is 9.59 Å². The molecule has 1 aromatic heterocycles. The Morgan fingerprint density at radius 3 is 2.62 bits per heavy atom. The van der Waals surface area contributed by atoms with Gasteiger partial charge in [0, 0.05) is 18.8 Å². The highest BCUT2D eigenvalue weighted by atomic mass is 16.4. The Hall–Kier alpha value is -1.98. The van der Waals surface area contributed by atoms with Crippen molar-refractivity contribution >= 4 is 11.9 Å². The van der Waals surface area contributed by atoms with E-state index in [4.69, 9.17) is 0 Å². The van der Waals surface area contributed by atoms with Crippen LogP contribution in [0.3, 0.4) is 0 Å². The highest BCUT2D eigenvalue weighted by molar-refractivity contribution is 5.96. The summed E-state index contributed by atoms with van der Waals surface area (Å²) in [7, 11) is 0. The van der Waals surface area contributed by atoms with Gasteiger partial charge in [-0.05, 0) is 26.2 Å². The first-order valence-electron chi connectivity index (χ1n) is 7.20. The minimum absolute atomic E-state index is 0.110. The fourth-order valence-electron chi connectivity index (χ4n) is 2.80. The van der Waals surface area contributed by atoms with Gasteiger partial charge < -0.3 is 10.0 Å². The summed E-state index contributed by atoms with van der Waals surface area (Å²) in [6, 6.07) is -0.309. The number of amides is 1. The lowest BCUT2D eigenvalue weighted by Crippen LogP contribution is -2.38. The zero-order valence-electron chi connectivity index (χ0n) is 12.8. The summed E-state index contributed by atoms with van der Waals surface area (Å²) in [4.78, 5) is 34.0. The van der Waals surface area contributed by atoms with Gasteiger partial charge in [0.25, 0.3) is 5.91 Å². The SMILES string of the molecule is Cc1ncc(C(=O)N2CCC(C(=O)O)C2C)c(C(C)C)n1. The van der Waals surface area contributed by atoms with Gasteiger partial charge in [0.05, 0.1) is 17.2 Å². The van der Waals surface area contributed by atoms with Crippen molar-refractivity contribution < 1.29 is 14.7 Å². The number of aryl methyl sites for hydroxylation is 1. The summed E-state index contributed by atoms with van der Waals surface area (Å²) in [6.45, 7) is 7.99. The molecule has 6 nitrogen and oxygen atoms in total. The van der Waals surface area contributed by atoms with E-state index in [1.54, 1.807) is 24.9 Å². The molecule has 0 aliphatic carbocycles. The van der Waals surface area contributed by atoms with Gasteiger partial charge in [0.1, 0.15) is 5.82 Å². The summed E-state index contributed by atoms with van der Waals surface area (Å²) in [5, 5.41) is 9.17. The smallest absolute Gasteiger partial charge is 0.308 e. The number of aliphatic carboxylic acids is 1. The molecule has 21 heavy (non-hydrogen) atoms. The lowest BCUT2D eigenvalue weighted by molar-refractivity contribution is -0.142. The van der Waals surface area contributed by atoms with E-state index in [1.165, 1.54) is 0 Å². The summed E-state index contributed by atoms with van der Waals surface area (Å²) in [6.07, 6.45) is 2.05. The Kier molecular flexibility index (Phi) is 4.25. The molecular formula is C15H21N3O3. The molecule has 6 heteroatoms. The van der Waals surface area contributed by atoms with Crippen molar-refractivity contribution in [2.45, 2.75) is 46.1 Å². The molecule has 2 atom stereocenters. The molecule has 2 heterocycles. The van der Waals surface area contributed by atoms with Crippen molar-refractivity contribution in [1.82, 2.24) is 14.9 Å². The normalized spacial score (nSPS) is 21.9. The molecule has 1 aliphatic heterocycles. The molecule has 0 saturated carbocycles. The average Bonchev–Trinajstić information content (AvgIpc) is 2.79. The van der Waals surface area contributed by atoms with Crippen LogP contribution in [0.25, 0.3) is 0 Å². The molecular weight excluding hydrogens is 270 g/mol. The summed E-state index contributed by atoms with van der Waals surface area (Å²) < 4.78 is 0. The quantitative estimate of drug-likeness (QED) is 0.918. The lowest BCUT2D eigenvalue weighted by atomic mass is 10.0. The number of hydrogen-bond donors (Lipinski definition) is 1. The van der Waals surface area contributed by atoms with Crippen LogP contribution in [-0.2, 0) is 4.79 Å². The van der Waals surface area contributed by atoms with Crippen molar-refractivity contribution in [3.05, 3.63) is 23.3 Å². The van der Waals surface area contributed by atoms with Gasteiger partial charge in [0.2, 0.25) is 0 Å². The number of nitrogens with zero attached hydrogens (tertiary/aromatic N) is 3. The predicted molar refractivity (Wildman–Crippen MR) is 77.1 cm³/mol. The molecule has 0 radical (unpaired) electrons. The van der Waals surface area contributed by atoms with Crippen LogP contribution >= 0.6 is 0 Å². The van der Waals surface area contributed by atoms with Crippen molar-refractivity contribution in [2.75, 3.05) is 6.54 Å². The van der Waals surface area contributed by atoms with Crippen LogP contribution < -0.4 is 0 Å². The van der Waals surface area contributed by atoms with Crippen LogP contribution in [0.15, 0.2) is 6.20 Å². The minimum Gasteiger partial charge on any atom is -0.481 e. The molecule has 2 unspecified atom stereocenters. The van der Waals surface area contributed by atoms with Crippen molar-refractivity contribution in [3.8, 4) is 0 Å². The van der Waals surface area contributed by atoms with E-state index < -0.39 is 11.9 Å². The maximum atomic E-state index is 12.7. The van der Waals surface area contributed by atoms with Gasteiger partial charge in [-0.15, -0.1) is 0 Å². The molecule has 2 rings (SSSR count). The van der Waals surface area contributed by atoms with Gasteiger partial charge in [-0.1, -0.05) is 13.8 Å². The van der Waals surface area contributed by atoms with E-state index in [9.17, 15) is 14.7 Å². The number of carbonyl (C=O) groups is 2. The van der Waals surface area contributed by atoms with Gasteiger partial charge in [-0.2, -0.15) is 0 Å². The molecule has 114 valence electrons. The zero-order chi connectivity index (χ0) is 15.7. The van der Waals surface area contributed by atoms with E-state index in [1.807, 2.05) is 13.8 Å². The maximum absolute atomic E-state index is 12.7. The number of carboxylic acid groups (broad SMARTS) is 1. The van der Waals surface area contributed by atoms with Crippen LogP contribution in [0.2, 0.25) is 0 Å². The Balaban J connectivity index is 2.31. The second-order valence-electron chi connectivity index (χ2n) is 5.84. The predicted octanol–water partition coefficient (Wildman–Crippen LogP) is 1.84. The average molecular weight is 291 g/mol.